The summed E-state index contributed by atoms with van der Waals surface area (Å²) in [6.45, 7) is 4.81. The number of nitrogens with one attached hydrogen (secondary N) is 1. The van der Waals surface area contributed by atoms with E-state index < -0.39 is 28.5 Å². The minimum absolute atomic E-state index is 0.0711. The van der Waals surface area contributed by atoms with E-state index in [9.17, 15) is 18.0 Å². The first-order chi connectivity index (χ1) is 18.9. The van der Waals surface area contributed by atoms with Gasteiger partial charge in [0, 0.05) is 24.7 Å². The zero-order chi connectivity index (χ0) is 29.6. The average Bonchev–Trinajstić information content (AvgIpc) is 2.93. The van der Waals surface area contributed by atoms with E-state index in [0.717, 1.165) is 21.0 Å². The molecule has 0 aliphatic rings. The second kappa shape index (κ2) is 13.1. The van der Waals surface area contributed by atoms with Crippen LogP contribution in [0.5, 0.6) is 11.5 Å². The Morgan fingerprint density at radius 1 is 0.925 bits per heavy atom. The van der Waals surface area contributed by atoms with Crippen molar-refractivity contribution in [1.82, 2.24) is 10.2 Å². The van der Waals surface area contributed by atoms with Crippen molar-refractivity contribution in [2.24, 2.45) is 0 Å². The van der Waals surface area contributed by atoms with E-state index in [1.807, 2.05) is 19.9 Å². The van der Waals surface area contributed by atoms with E-state index >= 15 is 0 Å². The molecule has 3 aromatic carbocycles. The maximum Gasteiger partial charge on any atom is 0.264 e. The Bertz CT molecular complexity index is 1460. The highest BCUT2D eigenvalue weighted by molar-refractivity contribution is 7.92. The van der Waals surface area contributed by atoms with Crippen molar-refractivity contribution in [3.8, 4) is 11.5 Å². The molecule has 0 radical (unpaired) electrons. The number of rotatable bonds is 11. The number of nitrogens with zero attached hydrogens (tertiary/aromatic N) is 2. The van der Waals surface area contributed by atoms with Crippen molar-refractivity contribution in [2.45, 2.75) is 38.3 Å². The summed E-state index contributed by atoms with van der Waals surface area (Å²) in [6, 6.07) is 15.6. The normalized spacial score (nSPS) is 11.9. The van der Waals surface area contributed by atoms with Gasteiger partial charge in [-0.1, -0.05) is 29.8 Å². The lowest BCUT2D eigenvalue weighted by Crippen LogP contribution is -2.50. The highest BCUT2D eigenvalue weighted by atomic mass is 35.5. The van der Waals surface area contributed by atoms with Gasteiger partial charge in [0.05, 0.1) is 24.8 Å². The lowest BCUT2D eigenvalue weighted by atomic mass is 10.1. The number of ether oxygens (including phenoxy) is 2. The Labute approximate surface area is 240 Å². The van der Waals surface area contributed by atoms with Crippen LogP contribution in [0.4, 0.5) is 5.69 Å². The largest absolute Gasteiger partial charge is 0.493 e. The number of benzene rings is 3. The van der Waals surface area contributed by atoms with Gasteiger partial charge in [-0.3, -0.25) is 13.9 Å². The fraction of sp³-hybridized carbons (Fsp3) is 0.310. The van der Waals surface area contributed by atoms with Gasteiger partial charge in [-0.2, -0.15) is 0 Å². The number of likely N-dealkylation sites (N-methyl/N-ethyl adjacent to an activating group) is 1. The predicted molar refractivity (Wildman–Crippen MR) is 156 cm³/mol. The van der Waals surface area contributed by atoms with Crippen LogP contribution in [-0.4, -0.2) is 59.0 Å². The lowest BCUT2D eigenvalue weighted by molar-refractivity contribution is -0.139. The summed E-state index contributed by atoms with van der Waals surface area (Å²) in [5.74, 6) is -0.353. The van der Waals surface area contributed by atoms with Crippen LogP contribution in [0.3, 0.4) is 0 Å². The third kappa shape index (κ3) is 7.05. The summed E-state index contributed by atoms with van der Waals surface area (Å²) in [5, 5.41) is 3.09. The van der Waals surface area contributed by atoms with Crippen LogP contribution >= 0.6 is 11.6 Å². The van der Waals surface area contributed by atoms with Crippen LogP contribution in [0.1, 0.15) is 23.6 Å². The van der Waals surface area contributed by atoms with Crippen molar-refractivity contribution < 1.29 is 27.5 Å². The summed E-state index contributed by atoms with van der Waals surface area (Å²) in [4.78, 5) is 27.8. The van der Waals surface area contributed by atoms with E-state index in [4.69, 9.17) is 21.1 Å². The molecular formula is C29H34ClN3O6S. The minimum Gasteiger partial charge on any atom is -0.493 e. The van der Waals surface area contributed by atoms with Crippen LogP contribution in [-0.2, 0) is 26.2 Å². The van der Waals surface area contributed by atoms with Crippen molar-refractivity contribution >= 4 is 39.1 Å². The molecule has 0 saturated carbocycles. The summed E-state index contributed by atoms with van der Waals surface area (Å²) in [6.07, 6.45) is 0. The van der Waals surface area contributed by atoms with Crippen molar-refractivity contribution in [3.63, 3.8) is 0 Å². The first-order valence-corrected chi connectivity index (χ1v) is 14.3. The average molecular weight is 588 g/mol. The number of carbonyl (C=O) groups is 2. The Balaban J connectivity index is 2.10. The number of hydrogen-bond donors (Lipinski definition) is 1. The second-order valence-electron chi connectivity index (χ2n) is 9.31. The number of aryl methyl sites for hydroxylation is 2. The highest BCUT2D eigenvalue weighted by Crippen LogP contribution is 2.33. The Morgan fingerprint density at radius 2 is 1.52 bits per heavy atom. The number of anilines is 1. The molecule has 214 valence electrons. The molecule has 0 aliphatic carbocycles. The quantitative estimate of drug-likeness (QED) is 0.358. The Hall–Kier alpha value is -3.76. The molecule has 0 spiro atoms. The Morgan fingerprint density at radius 3 is 2.08 bits per heavy atom. The molecule has 0 fully saturated rings. The van der Waals surface area contributed by atoms with E-state index in [1.54, 1.807) is 43.3 Å². The maximum atomic E-state index is 14.1. The zero-order valence-corrected chi connectivity index (χ0v) is 25.0. The van der Waals surface area contributed by atoms with Gasteiger partial charge in [-0.05, 0) is 73.9 Å². The lowest BCUT2D eigenvalue weighted by Gasteiger charge is -2.32. The maximum absolute atomic E-state index is 14.1. The third-order valence-corrected chi connectivity index (χ3v) is 8.42. The van der Waals surface area contributed by atoms with Crippen LogP contribution in [0.25, 0.3) is 0 Å². The molecule has 2 amide bonds. The van der Waals surface area contributed by atoms with Crippen LogP contribution in [0.15, 0.2) is 65.6 Å². The van der Waals surface area contributed by atoms with Gasteiger partial charge in [0.25, 0.3) is 10.0 Å². The van der Waals surface area contributed by atoms with Gasteiger partial charge in [0.15, 0.2) is 11.5 Å². The molecule has 0 bridgehead atoms. The van der Waals surface area contributed by atoms with E-state index in [2.05, 4.69) is 5.32 Å². The van der Waals surface area contributed by atoms with E-state index in [1.165, 1.54) is 44.4 Å². The molecule has 40 heavy (non-hydrogen) atoms. The molecule has 9 nitrogen and oxygen atoms in total. The standard InChI is InChI=1S/C29H34ClN3O6S/c1-19-13-20(2)15-24(14-19)33(40(36,37)25-11-12-26(38-5)27(16-25)39-6)18-28(34)32(21(3)29(35)31-4)17-22-7-9-23(30)10-8-22/h7-16,21H,17-18H2,1-6H3,(H,31,35)/t21-/m1/s1. The van der Waals surface area contributed by atoms with Crippen molar-refractivity contribution in [2.75, 3.05) is 32.1 Å². The van der Waals surface area contributed by atoms with Gasteiger partial charge >= 0.3 is 0 Å². The molecule has 0 unspecified atom stereocenters. The minimum atomic E-state index is -4.27. The van der Waals surface area contributed by atoms with Crippen LogP contribution < -0.4 is 19.1 Å². The summed E-state index contributed by atoms with van der Waals surface area (Å²) >= 11 is 6.02. The summed E-state index contributed by atoms with van der Waals surface area (Å²) < 4.78 is 39.8. The van der Waals surface area contributed by atoms with Gasteiger partial charge < -0.3 is 19.7 Å². The first kappa shape index (κ1) is 30.8. The molecule has 0 saturated heterocycles. The van der Waals surface area contributed by atoms with E-state index in [0.29, 0.717) is 16.5 Å². The predicted octanol–water partition coefficient (Wildman–Crippen LogP) is 4.33. The summed E-state index contributed by atoms with van der Waals surface area (Å²) in [7, 11) is 0.0726. The zero-order valence-electron chi connectivity index (χ0n) is 23.4. The molecule has 1 N–H and O–H groups in total. The van der Waals surface area contributed by atoms with Crippen molar-refractivity contribution in [1.29, 1.82) is 0 Å². The molecule has 1 atom stereocenters. The van der Waals surface area contributed by atoms with E-state index in [-0.39, 0.29) is 23.1 Å². The van der Waals surface area contributed by atoms with Gasteiger partial charge in [-0.25, -0.2) is 8.42 Å². The highest BCUT2D eigenvalue weighted by Gasteiger charge is 2.33. The van der Waals surface area contributed by atoms with Gasteiger partial charge in [0.1, 0.15) is 12.6 Å². The van der Waals surface area contributed by atoms with Gasteiger partial charge in [-0.15, -0.1) is 0 Å². The van der Waals surface area contributed by atoms with Crippen LogP contribution in [0.2, 0.25) is 5.02 Å². The molecular weight excluding hydrogens is 554 g/mol. The number of methoxy groups -OCH3 is 2. The van der Waals surface area contributed by atoms with Crippen molar-refractivity contribution in [3.05, 3.63) is 82.4 Å². The number of sulfonamides is 1. The molecule has 0 aromatic heterocycles. The fourth-order valence-electron chi connectivity index (χ4n) is 4.31. The second-order valence-corrected chi connectivity index (χ2v) is 11.6. The number of carbonyl (C=O) groups excluding carboxylic acids is 2. The number of halogens is 1. The number of hydrogen-bond acceptors (Lipinski definition) is 6. The molecule has 3 rings (SSSR count). The summed E-state index contributed by atoms with van der Waals surface area (Å²) in [5.41, 5.74) is 2.70. The topological polar surface area (TPSA) is 105 Å². The van der Waals surface area contributed by atoms with Crippen LogP contribution in [0, 0.1) is 13.8 Å². The Kier molecular flexibility index (Phi) is 10.1. The third-order valence-electron chi connectivity index (χ3n) is 6.40. The SMILES string of the molecule is CNC(=O)[C@@H](C)N(Cc1ccc(Cl)cc1)C(=O)CN(c1cc(C)cc(C)c1)S(=O)(=O)c1ccc(OC)c(OC)c1. The molecule has 3 aromatic rings. The molecule has 11 heteroatoms. The first-order valence-electron chi connectivity index (χ1n) is 12.5. The molecule has 0 aliphatic heterocycles. The molecule has 0 heterocycles. The smallest absolute Gasteiger partial charge is 0.264 e. The number of amides is 2. The van der Waals surface area contributed by atoms with Gasteiger partial charge in [0.2, 0.25) is 11.8 Å². The fourth-order valence-corrected chi connectivity index (χ4v) is 5.85. The monoisotopic (exact) mass is 587 g/mol.